The van der Waals surface area contributed by atoms with Crippen LogP contribution < -0.4 is 5.32 Å². The van der Waals surface area contributed by atoms with Crippen molar-refractivity contribution in [1.29, 1.82) is 0 Å². The van der Waals surface area contributed by atoms with E-state index in [1.807, 2.05) is 35.2 Å². The molecule has 1 spiro atoms. The van der Waals surface area contributed by atoms with Crippen molar-refractivity contribution in [1.82, 2.24) is 10.2 Å². The molecule has 2 amide bonds. The second kappa shape index (κ2) is 7.98. The number of likely N-dealkylation sites (tertiary alicyclic amines) is 1. The lowest BCUT2D eigenvalue weighted by Crippen LogP contribution is -2.57. The SMILES string of the molecule is O=C1CCC[C@]2(CN(C(=O)C3(c4ccccc4)CCCC3)C[C@H]2c2ccc(F)c(F)c2)N1. The van der Waals surface area contributed by atoms with Crippen molar-refractivity contribution in [2.45, 2.75) is 61.8 Å². The molecule has 2 atom stereocenters. The summed E-state index contributed by atoms with van der Waals surface area (Å²) in [4.78, 5) is 28.3. The molecule has 0 bridgehead atoms. The summed E-state index contributed by atoms with van der Waals surface area (Å²) >= 11 is 0. The van der Waals surface area contributed by atoms with Crippen LogP contribution in [0, 0.1) is 11.6 Å². The van der Waals surface area contributed by atoms with E-state index in [0.717, 1.165) is 43.7 Å². The van der Waals surface area contributed by atoms with E-state index in [-0.39, 0.29) is 17.7 Å². The largest absolute Gasteiger partial charge is 0.348 e. The van der Waals surface area contributed by atoms with Gasteiger partial charge in [0.15, 0.2) is 11.6 Å². The van der Waals surface area contributed by atoms with Crippen molar-refractivity contribution in [2.24, 2.45) is 0 Å². The van der Waals surface area contributed by atoms with Gasteiger partial charge >= 0.3 is 0 Å². The number of benzene rings is 2. The molecule has 2 aromatic rings. The number of piperidine rings is 1. The third-order valence-electron chi connectivity index (χ3n) is 7.78. The van der Waals surface area contributed by atoms with Crippen LogP contribution in [0.5, 0.6) is 0 Å². The molecule has 0 radical (unpaired) electrons. The summed E-state index contributed by atoms with van der Waals surface area (Å²) in [6.45, 7) is 0.786. The minimum Gasteiger partial charge on any atom is -0.348 e. The van der Waals surface area contributed by atoms with Gasteiger partial charge in [0.05, 0.1) is 11.0 Å². The van der Waals surface area contributed by atoms with Gasteiger partial charge in [-0.15, -0.1) is 0 Å². The molecule has 0 aromatic heterocycles. The molecule has 3 aliphatic rings. The zero-order chi connectivity index (χ0) is 22.3. The number of amides is 2. The molecular formula is C26H28F2N2O2. The summed E-state index contributed by atoms with van der Waals surface area (Å²) in [5, 5.41) is 3.15. The fourth-order valence-electron chi connectivity index (χ4n) is 6.23. The van der Waals surface area contributed by atoms with Gasteiger partial charge in [0, 0.05) is 25.4 Å². The number of nitrogens with one attached hydrogen (secondary N) is 1. The average molecular weight is 439 g/mol. The van der Waals surface area contributed by atoms with Crippen molar-refractivity contribution in [3.8, 4) is 0 Å². The summed E-state index contributed by atoms with van der Waals surface area (Å²) in [7, 11) is 0. The highest BCUT2D eigenvalue weighted by molar-refractivity contribution is 5.89. The third-order valence-corrected chi connectivity index (χ3v) is 7.78. The second-order valence-electron chi connectivity index (χ2n) is 9.62. The molecule has 1 N–H and O–H groups in total. The Morgan fingerprint density at radius 1 is 0.969 bits per heavy atom. The Balaban J connectivity index is 1.52. The summed E-state index contributed by atoms with van der Waals surface area (Å²) in [6, 6.07) is 13.9. The molecule has 5 rings (SSSR count). The Bertz CT molecular complexity index is 1040. The highest BCUT2D eigenvalue weighted by Gasteiger charge is 2.54. The van der Waals surface area contributed by atoms with Crippen molar-refractivity contribution in [2.75, 3.05) is 13.1 Å². The normalized spacial score (nSPS) is 27.0. The van der Waals surface area contributed by atoms with E-state index in [4.69, 9.17) is 0 Å². The second-order valence-corrected chi connectivity index (χ2v) is 9.62. The van der Waals surface area contributed by atoms with E-state index >= 15 is 0 Å². The highest BCUT2D eigenvalue weighted by atomic mass is 19.2. The molecular weight excluding hydrogens is 410 g/mol. The van der Waals surface area contributed by atoms with Gasteiger partial charge in [0.25, 0.3) is 0 Å². The van der Waals surface area contributed by atoms with Crippen molar-refractivity contribution in [3.63, 3.8) is 0 Å². The van der Waals surface area contributed by atoms with Crippen LogP contribution in [0.3, 0.4) is 0 Å². The quantitative estimate of drug-likeness (QED) is 0.770. The fraction of sp³-hybridized carbons (Fsp3) is 0.462. The molecule has 6 heteroatoms. The van der Waals surface area contributed by atoms with Crippen LogP contribution in [0.25, 0.3) is 0 Å². The first-order valence-electron chi connectivity index (χ1n) is 11.5. The van der Waals surface area contributed by atoms with Crippen LogP contribution >= 0.6 is 0 Å². The Morgan fingerprint density at radius 3 is 2.41 bits per heavy atom. The minimum absolute atomic E-state index is 0.0447. The zero-order valence-electron chi connectivity index (χ0n) is 18.1. The number of carbonyl (C=O) groups excluding carboxylic acids is 2. The number of nitrogens with zero attached hydrogens (tertiary/aromatic N) is 1. The maximum Gasteiger partial charge on any atom is 0.233 e. The topological polar surface area (TPSA) is 49.4 Å². The monoisotopic (exact) mass is 438 g/mol. The molecule has 168 valence electrons. The van der Waals surface area contributed by atoms with Crippen molar-refractivity contribution in [3.05, 3.63) is 71.3 Å². The number of rotatable bonds is 3. The Hall–Kier alpha value is -2.76. The van der Waals surface area contributed by atoms with Crippen LogP contribution in [0.4, 0.5) is 8.78 Å². The highest BCUT2D eigenvalue weighted by Crippen LogP contribution is 2.47. The van der Waals surface area contributed by atoms with Gasteiger partial charge in [-0.05, 0) is 48.9 Å². The van der Waals surface area contributed by atoms with E-state index in [1.165, 1.54) is 6.07 Å². The molecule has 2 aromatic carbocycles. The molecule has 4 nitrogen and oxygen atoms in total. The first kappa shape index (κ1) is 21.1. The Kier molecular flexibility index (Phi) is 5.26. The molecule has 1 aliphatic carbocycles. The number of carbonyl (C=O) groups is 2. The van der Waals surface area contributed by atoms with E-state index in [1.54, 1.807) is 6.07 Å². The van der Waals surface area contributed by atoms with E-state index < -0.39 is 22.6 Å². The smallest absolute Gasteiger partial charge is 0.233 e. The lowest BCUT2D eigenvalue weighted by molar-refractivity contribution is -0.137. The number of halogens is 2. The van der Waals surface area contributed by atoms with Crippen LogP contribution in [0.1, 0.15) is 62.0 Å². The van der Waals surface area contributed by atoms with Crippen LogP contribution in [-0.2, 0) is 15.0 Å². The standard InChI is InChI=1S/C26H28F2N2O2/c27-21-11-10-18(15-22(21)28)20-16-30(17-26(20)14-6-9-23(31)29-26)24(32)25(12-4-5-13-25)19-7-2-1-3-8-19/h1-3,7-8,10-11,15,20H,4-6,9,12-14,16-17H2,(H,29,31)/t20-,26+/m0/s1. The maximum absolute atomic E-state index is 14.1. The third kappa shape index (κ3) is 3.40. The van der Waals surface area contributed by atoms with E-state index in [9.17, 15) is 18.4 Å². The summed E-state index contributed by atoms with van der Waals surface area (Å²) in [5.41, 5.74) is 0.470. The first-order valence-corrected chi connectivity index (χ1v) is 11.5. The molecule has 2 aliphatic heterocycles. The predicted octanol–water partition coefficient (Wildman–Crippen LogP) is 4.44. The predicted molar refractivity (Wildman–Crippen MR) is 117 cm³/mol. The lowest BCUT2D eigenvalue weighted by atomic mass is 9.76. The van der Waals surface area contributed by atoms with Gasteiger partial charge in [0.1, 0.15) is 0 Å². The summed E-state index contributed by atoms with van der Waals surface area (Å²) < 4.78 is 27.7. The maximum atomic E-state index is 14.1. The van der Waals surface area contributed by atoms with Gasteiger partial charge in [-0.25, -0.2) is 8.78 Å². The van der Waals surface area contributed by atoms with Crippen LogP contribution in [0.2, 0.25) is 0 Å². The van der Waals surface area contributed by atoms with E-state index in [0.29, 0.717) is 31.5 Å². The van der Waals surface area contributed by atoms with Crippen molar-refractivity contribution >= 4 is 11.8 Å². The number of hydrogen-bond donors (Lipinski definition) is 1. The van der Waals surface area contributed by atoms with Gasteiger partial charge in [-0.3, -0.25) is 9.59 Å². The average Bonchev–Trinajstić information content (AvgIpc) is 3.42. The lowest BCUT2D eigenvalue weighted by Gasteiger charge is -2.39. The van der Waals surface area contributed by atoms with Crippen molar-refractivity contribution < 1.29 is 18.4 Å². The van der Waals surface area contributed by atoms with Gasteiger partial charge in [0.2, 0.25) is 11.8 Å². The molecule has 2 heterocycles. The summed E-state index contributed by atoms with van der Waals surface area (Å²) in [6.07, 6.45) is 5.51. The molecule has 1 saturated carbocycles. The number of hydrogen-bond acceptors (Lipinski definition) is 2. The molecule has 3 fully saturated rings. The summed E-state index contributed by atoms with van der Waals surface area (Å²) in [5.74, 6) is -2.03. The van der Waals surface area contributed by atoms with Gasteiger partial charge in [-0.2, -0.15) is 0 Å². The minimum atomic E-state index is -0.902. The molecule has 2 saturated heterocycles. The first-order chi connectivity index (χ1) is 15.4. The molecule has 32 heavy (non-hydrogen) atoms. The van der Waals surface area contributed by atoms with Gasteiger partial charge in [-0.1, -0.05) is 49.2 Å². The van der Waals surface area contributed by atoms with Crippen LogP contribution in [0.15, 0.2) is 48.5 Å². The van der Waals surface area contributed by atoms with E-state index in [2.05, 4.69) is 5.32 Å². The van der Waals surface area contributed by atoms with Gasteiger partial charge < -0.3 is 10.2 Å². The zero-order valence-corrected chi connectivity index (χ0v) is 18.1. The van der Waals surface area contributed by atoms with Crippen LogP contribution in [-0.4, -0.2) is 35.3 Å². The Morgan fingerprint density at radius 2 is 1.72 bits per heavy atom. The molecule has 0 unspecified atom stereocenters. The fourth-order valence-corrected chi connectivity index (χ4v) is 6.23. The Labute approximate surface area is 187 Å².